The topological polar surface area (TPSA) is 87.5 Å². The van der Waals surface area contributed by atoms with Gasteiger partial charge in [0, 0.05) is 0 Å². The number of fused-ring (bicyclic) bond motifs is 1. The molecule has 2 aromatic rings. The van der Waals surface area contributed by atoms with Gasteiger partial charge in [0.25, 0.3) is 5.56 Å². The van der Waals surface area contributed by atoms with Crippen molar-refractivity contribution >= 4 is 33.5 Å². The monoisotopic (exact) mass is 378 g/mol. The minimum Gasteiger partial charge on any atom is -0.467 e. The highest BCUT2D eigenvalue weighted by molar-refractivity contribution is 7.20. The second kappa shape index (κ2) is 7.57. The molecule has 0 aliphatic heterocycles. The van der Waals surface area contributed by atoms with Crippen molar-refractivity contribution in [3.05, 3.63) is 27.1 Å². The highest BCUT2D eigenvalue weighted by Crippen LogP contribution is 2.29. The molecule has 0 radical (unpaired) electrons. The Balaban J connectivity index is 1.95. The van der Waals surface area contributed by atoms with E-state index < -0.39 is 18.0 Å². The number of thiophene rings is 1. The van der Waals surface area contributed by atoms with Gasteiger partial charge in [-0.15, -0.1) is 11.3 Å². The fourth-order valence-corrected chi connectivity index (χ4v) is 4.30. The quantitative estimate of drug-likeness (QED) is 0.760. The molecule has 140 valence electrons. The molecule has 0 spiro atoms. The molecule has 1 aliphatic rings. The molecule has 3 rings (SSSR count). The predicted octanol–water partition coefficient (Wildman–Crippen LogP) is 2.99. The lowest BCUT2D eigenvalue weighted by Crippen LogP contribution is -2.29. The Hall–Kier alpha value is -2.22. The van der Waals surface area contributed by atoms with Crippen molar-refractivity contribution in [1.82, 2.24) is 9.55 Å². The zero-order valence-electron chi connectivity index (χ0n) is 15.1. The number of ether oxygens (including phenoxy) is 2. The van der Waals surface area contributed by atoms with Crippen molar-refractivity contribution in [2.24, 2.45) is 0 Å². The van der Waals surface area contributed by atoms with Gasteiger partial charge in [0.05, 0.1) is 18.8 Å². The maximum absolute atomic E-state index is 12.8. The highest BCUT2D eigenvalue weighted by atomic mass is 32.1. The standard InChI is InChI=1S/C18H22N2O5S/c1-10-13-15(19-9-20(16(13)21)11(2)17(22)24-3)26-14(10)18(23)25-12-7-5-4-6-8-12/h9,11-12H,4-8H2,1-3H3. The van der Waals surface area contributed by atoms with E-state index in [2.05, 4.69) is 4.98 Å². The maximum Gasteiger partial charge on any atom is 0.348 e. The summed E-state index contributed by atoms with van der Waals surface area (Å²) in [5, 5.41) is 0.351. The van der Waals surface area contributed by atoms with Crippen molar-refractivity contribution in [2.45, 2.75) is 58.1 Å². The lowest BCUT2D eigenvalue weighted by atomic mass is 9.98. The van der Waals surface area contributed by atoms with Crippen molar-refractivity contribution in [3.8, 4) is 0 Å². The maximum atomic E-state index is 12.8. The minimum absolute atomic E-state index is 0.0511. The van der Waals surface area contributed by atoms with E-state index in [9.17, 15) is 14.4 Å². The van der Waals surface area contributed by atoms with Crippen LogP contribution >= 0.6 is 11.3 Å². The molecule has 26 heavy (non-hydrogen) atoms. The van der Waals surface area contributed by atoms with E-state index in [1.807, 2.05) is 0 Å². The Bertz CT molecular complexity index is 895. The summed E-state index contributed by atoms with van der Waals surface area (Å²) in [5.74, 6) is -0.928. The van der Waals surface area contributed by atoms with Gasteiger partial charge < -0.3 is 9.47 Å². The molecule has 0 aromatic carbocycles. The van der Waals surface area contributed by atoms with Gasteiger partial charge in [0.2, 0.25) is 0 Å². The Labute approximate surface area is 154 Å². The Morgan fingerprint density at radius 3 is 2.65 bits per heavy atom. The van der Waals surface area contributed by atoms with Crippen LogP contribution in [0.5, 0.6) is 0 Å². The number of methoxy groups -OCH3 is 1. The van der Waals surface area contributed by atoms with Gasteiger partial charge in [-0.1, -0.05) is 6.42 Å². The van der Waals surface area contributed by atoms with Crippen LogP contribution in [0.3, 0.4) is 0 Å². The Morgan fingerprint density at radius 2 is 2.00 bits per heavy atom. The number of esters is 2. The van der Waals surface area contributed by atoms with Gasteiger partial charge in [0.15, 0.2) is 0 Å². The lowest BCUT2D eigenvalue weighted by molar-refractivity contribution is -0.144. The van der Waals surface area contributed by atoms with Gasteiger partial charge >= 0.3 is 11.9 Å². The number of hydrogen-bond donors (Lipinski definition) is 0. The van der Waals surface area contributed by atoms with Gasteiger partial charge in [-0.05, 0) is 45.1 Å². The largest absolute Gasteiger partial charge is 0.467 e. The molecular weight excluding hydrogens is 356 g/mol. The average molecular weight is 378 g/mol. The Kier molecular flexibility index (Phi) is 5.41. The summed E-state index contributed by atoms with van der Waals surface area (Å²) in [5.41, 5.74) is 0.188. The lowest BCUT2D eigenvalue weighted by Gasteiger charge is -2.21. The smallest absolute Gasteiger partial charge is 0.348 e. The number of aryl methyl sites for hydroxylation is 1. The first kappa shape index (κ1) is 18.6. The number of rotatable bonds is 4. The van der Waals surface area contributed by atoms with Crippen LogP contribution in [0.25, 0.3) is 10.2 Å². The van der Waals surface area contributed by atoms with Gasteiger partial charge in [0.1, 0.15) is 21.9 Å². The summed E-state index contributed by atoms with van der Waals surface area (Å²) in [6, 6.07) is -0.790. The van der Waals surface area contributed by atoms with E-state index in [-0.39, 0.29) is 11.7 Å². The molecule has 1 fully saturated rings. The summed E-state index contributed by atoms with van der Waals surface area (Å²) in [6.45, 7) is 3.28. The van der Waals surface area contributed by atoms with E-state index in [4.69, 9.17) is 9.47 Å². The van der Waals surface area contributed by atoms with Crippen LogP contribution in [0.2, 0.25) is 0 Å². The number of aromatic nitrogens is 2. The van der Waals surface area contributed by atoms with Crippen LogP contribution in [0.4, 0.5) is 0 Å². The Morgan fingerprint density at radius 1 is 1.31 bits per heavy atom. The normalized spacial score (nSPS) is 16.4. The third-order valence-corrected chi connectivity index (χ3v) is 6.03. The van der Waals surface area contributed by atoms with Gasteiger partial charge in [-0.25, -0.2) is 14.6 Å². The van der Waals surface area contributed by atoms with E-state index in [1.54, 1.807) is 13.8 Å². The van der Waals surface area contributed by atoms with Crippen molar-refractivity contribution < 1.29 is 19.1 Å². The number of carbonyl (C=O) groups is 2. The van der Waals surface area contributed by atoms with Crippen molar-refractivity contribution in [3.63, 3.8) is 0 Å². The van der Waals surface area contributed by atoms with Crippen molar-refractivity contribution in [2.75, 3.05) is 7.11 Å². The molecule has 1 saturated carbocycles. The molecule has 7 nitrogen and oxygen atoms in total. The fourth-order valence-electron chi connectivity index (χ4n) is 3.28. The van der Waals surface area contributed by atoms with Crippen LogP contribution in [-0.2, 0) is 14.3 Å². The highest BCUT2D eigenvalue weighted by Gasteiger charge is 2.25. The summed E-state index contributed by atoms with van der Waals surface area (Å²) in [7, 11) is 1.27. The SMILES string of the molecule is COC(=O)C(C)n1cnc2sc(C(=O)OC3CCCCC3)c(C)c2c1=O. The van der Waals surface area contributed by atoms with Crippen LogP contribution in [-0.4, -0.2) is 34.7 Å². The second-order valence-corrected chi connectivity index (χ2v) is 7.56. The first-order chi connectivity index (χ1) is 12.4. The van der Waals surface area contributed by atoms with Gasteiger partial charge in [-0.2, -0.15) is 0 Å². The van der Waals surface area contributed by atoms with Gasteiger partial charge in [-0.3, -0.25) is 9.36 Å². The van der Waals surface area contributed by atoms with Crippen LogP contribution in [0.1, 0.15) is 60.3 Å². The van der Waals surface area contributed by atoms with E-state index in [0.29, 0.717) is 20.7 Å². The molecular formula is C18H22N2O5S. The number of hydrogen-bond acceptors (Lipinski definition) is 7. The average Bonchev–Trinajstić information content (AvgIpc) is 2.99. The van der Waals surface area contributed by atoms with E-state index in [0.717, 1.165) is 37.0 Å². The minimum atomic E-state index is -0.790. The van der Waals surface area contributed by atoms with Crippen molar-refractivity contribution in [1.29, 1.82) is 0 Å². The first-order valence-corrected chi connectivity index (χ1v) is 9.54. The fraction of sp³-hybridized carbons (Fsp3) is 0.556. The molecule has 2 heterocycles. The van der Waals surface area contributed by atoms with E-state index >= 15 is 0 Å². The second-order valence-electron chi connectivity index (χ2n) is 6.56. The molecule has 1 aliphatic carbocycles. The summed E-state index contributed by atoms with van der Waals surface area (Å²) < 4.78 is 11.5. The predicted molar refractivity (Wildman–Crippen MR) is 97.6 cm³/mol. The molecule has 1 unspecified atom stereocenters. The van der Waals surface area contributed by atoms with Crippen LogP contribution in [0, 0.1) is 6.92 Å². The third-order valence-electron chi connectivity index (χ3n) is 4.85. The summed E-state index contributed by atoms with van der Waals surface area (Å²) in [4.78, 5) is 42.2. The molecule has 1 atom stereocenters. The molecule has 2 aromatic heterocycles. The molecule has 0 amide bonds. The zero-order chi connectivity index (χ0) is 18.8. The molecule has 0 bridgehead atoms. The first-order valence-electron chi connectivity index (χ1n) is 8.73. The van der Waals surface area contributed by atoms with Crippen LogP contribution < -0.4 is 5.56 Å². The third kappa shape index (κ3) is 3.38. The number of nitrogens with zero attached hydrogens (tertiary/aromatic N) is 2. The summed E-state index contributed by atoms with van der Waals surface area (Å²) >= 11 is 1.15. The number of carbonyl (C=O) groups excluding carboxylic acids is 2. The molecule has 0 saturated heterocycles. The molecule has 8 heteroatoms. The molecule has 0 N–H and O–H groups in total. The van der Waals surface area contributed by atoms with Crippen LogP contribution in [0.15, 0.2) is 11.1 Å². The zero-order valence-corrected chi connectivity index (χ0v) is 15.9. The van der Waals surface area contributed by atoms with E-state index in [1.165, 1.54) is 24.4 Å². The summed E-state index contributed by atoms with van der Waals surface area (Å²) in [6.07, 6.45) is 6.36.